The van der Waals surface area contributed by atoms with Crippen LogP contribution in [0.3, 0.4) is 0 Å². The number of carbonyl (C=O) groups is 1. The maximum atomic E-state index is 12.8. The lowest BCUT2D eigenvalue weighted by Gasteiger charge is -2.24. The highest BCUT2D eigenvalue weighted by Crippen LogP contribution is 2.39. The molecule has 1 aromatic rings. The molecule has 8 heteroatoms. The van der Waals surface area contributed by atoms with Crippen molar-refractivity contribution in [1.82, 2.24) is 0 Å². The summed E-state index contributed by atoms with van der Waals surface area (Å²) in [5.74, 6) is 0.673. The second kappa shape index (κ2) is 14.5. The number of halogens is 3. The van der Waals surface area contributed by atoms with Crippen LogP contribution in [0, 0.1) is 11.8 Å². The summed E-state index contributed by atoms with van der Waals surface area (Å²) in [6.45, 7) is 3.63. The summed E-state index contributed by atoms with van der Waals surface area (Å²) in [5, 5.41) is 10.4. The largest absolute Gasteiger partial charge is 0.491 e. The van der Waals surface area contributed by atoms with Crippen LogP contribution in [0.15, 0.2) is 36.4 Å². The van der Waals surface area contributed by atoms with Crippen LogP contribution in [-0.4, -0.2) is 43.1 Å². The second-order valence-corrected chi connectivity index (χ2v) is 9.48. The van der Waals surface area contributed by atoms with Gasteiger partial charge in [0.15, 0.2) is 0 Å². The van der Waals surface area contributed by atoms with Crippen LogP contribution in [-0.2, 0) is 20.4 Å². The highest BCUT2D eigenvalue weighted by molar-refractivity contribution is 5.69. The Hall–Kier alpha value is -2.06. The number of aliphatic hydroxyl groups is 1. The average Bonchev–Trinajstić information content (AvgIpc) is 3.19. The third kappa shape index (κ3) is 10.6. The van der Waals surface area contributed by atoms with E-state index in [2.05, 4.69) is 12.2 Å². The lowest BCUT2D eigenvalue weighted by molar-refractivity contribution is -0.147. The van der Waals surface area contributed by atoms with Crippen molar-refractivity contribution >= 4 is 5.97 Å². The Labute approximate surface area is 206 Å². The molecule has 4 atom stereocenters. The van der Waals surface area contributed by atoms with Gasteiger partial charge in [-0.05, 0) is 88.8 Å². The number of alkyl halides is 3. The van der Waals surface area contributed by atoms with E-state index in [9.17, 15) is 23.1 Å². The second-order valence-electron chi connectivity index (χ2n) is 9.48. The third-order valence-corrected chi connectivity index (χ3v) is 6.38. The Morgan fingerprint density at radius 1 is 1.23 bits per heavy atom. The van der Waals surface area contributed by atoms with Crippen molar-refractivity contribution < 1.29 is 37.3 Å². The predicted octanol–water partition coefficient (Wildman–Crippen LogP) is 6.33. The SMILES string of the molecule is CO[C@H]1CC[C@H](CC[C@@H](O)COc2cccc(C(F)(F)F)c2)[C@H]1C/C=C\CCCC(=O)OC(C)C. The summed E-state index contributed by atoms with van der Waals surface area (Å²) in [4.78, 5) is 11.6. The van der Waals surface area contributed by atoms with E-state index in [0.29, 0.717) is 24.7 Å². The number of hydrogen-bond acceptors (Lipinski definition) is 5. The van der Waals surface area contributed by atoms with Gasteiger partial charge in [-0.2, -0.15) is 13.2 Å². The monoisotopic (exact) mass is 500 g/mol. The summed E-state index contributed by atoms with van der Waals surface area (Å²) in [7, 11) is 1.72. The summed E-state index contributed by atoms with van der Waals surface area (Å²) in [6, 6.07) is 4.69. The number of carbonyl (C=O) groups excluding carboxylic acids is 1. The molecule has 1 aliphatic carbocycles. The molecular formula is C27H39F3O5. The van der Waals surface area contributed by atoms with Crippen LogP contribution in [0.4, 0.5) is 13.2 Å². The fraction of sp³-hybridized carbons (Fsp3) is 0.667. The van der Waals surface area contributed by atoms with Crippen LogP contribution < -0.4 is 4.74 Å². The van der Waals surface area contributed by atoms with Gasteiger partial charge in [0.1, 0.15) is 12.4 Å². The van der Waals surface area contributed by atoms with Crippen molar-refractivity contribution in [3.05, 3.63) is 42.0 Å². The van der Waals surface area contributed by atoms with Gasteiger partial charge in [0, 0.05) is 13.5 Å². The molecule has 1 aromatic carbocycles. The van der Waals surface area contributed by atoms with Gasteiger partial charge in [-0.1, -0.05) is 18.2 Å². The average molecular weight is 501 g/mol. The van der Waals surface area contributed by atoms with Crippen LogP contribution >= 0.6 is 0 Å². The highest BCUT2D eigenvalue weighted by atomic mass is 19.4. The molecule has 1 N–H and O–H groups in total. The molecule has 2 rings (SSSR count). The van der Waals surface area contributed by atoms with Gasteiger partial charge in [-0.25, -0.2) is 0 Å². The molecule has 1 aliphatic rings. The molecule has 0 amide bonds. The zero-order valence-electron chi connectivity index (χ0n) is 20.9. The predicted molar refractivity (Wildman–Crippen MR) is 128 cm³/mol. The number of hydrogen-bond donors (Lipinski definition) is 1. The van der Waals surface area contributed by atoms with Crippen molar-refractivity contribution in [2.45, 2.75) is 89.7 Å². The zero-order valence-corrected chi connectivity index (χ0v) is 20.9. The molecule has 0 saturated heterocycles. The van der Waals surface area contributed by atoms with Gasteiger partial charge >= 0.3 is 12.1 Å². The molecule has 0 aromatic heterocycles. The number of allylic oxidation sites excluding steroid dienone is 2. The molecule has 1 saturated carbocycles. The number of methoxy groups -OCH3 is 1. The first-order valence-corrected chi connectivity index (χ1v) is 12.5. The minimum Gasteiger partial charge on any atom is -0.491 e. The molecule has 5 nitrogen and oxygen atoms in total. The van der Waals surface area contributed by atoms with Gasteiger partial charge in [-0.3, -0.25) is 4.79 Å². The Bertz CT molecular complexity index is 793. The Balaban J connectivity index is 1.74. The van der Waals surface area contributed by atoms with Crippen LogP contribution in [0.25, 0.3) is 0 Å². The molecule has 35 heavy (non-hydrogen) atoms. The van der Waals surface area contributed by atoms with Crippen LogP contribution in [0.2, 0.25) is 0 Å². The fourth-order valence-corrected chi connectivity index (χ4v) is 4.61. The van der Waals surface area contributed by atoms with Crippen molar-refractivity contribution in [3.63, 3.8) is 0 Å². The van der Waals surface area contributed by atoms with E-state index in [1.807, 2.05) is 13.8 Å². The molecule has 0 aliphatic heterocycles. The van der Waals surface area contributed by atoms with E-state index >= 15 is 0 Å². The maximum absolute atomic E-state index is 12.8. The quantitative estimate of drug-likeness (QED) is 0.184. The summed E-state index contributed by atoms with van der Waals surface area (Å²) in [5.41, 5.74) is -0.771. The Morgan fingerprint density at radius 3 is 2.69 bits per heavy atom. The molecule has 0 spiro atoms. The lowest BCUT2D eigenvalue weighted by atomic mass is 9.87. The van der Waals surface area contributed by atoms with Crippen molar-refractivity contribution in [2.24, 2.45) is 11.8 Å². The number of rotatable bonds is 14. The molecule has 1 fully saturated rings. The van der Waals surface area contributed by atoms with Crippen molar-refractivity contribution in [1.29, 1.82) is 0 Å². The summed E-state index contributed by atoms with van der Waals surface area (Å²) in [6.07, 6.45) is 5.29. The number of benzene rings is 1. The molecule has 0 radical (unpaired) electrons. The lowest BCUT2D eigenvalue weighted by Crippen LogP contribution is -2.23. The highest BCUT2D eigenvalue weighted by Gasteiger charge is 2.35. The first-order valence-electron chi connectivity index (χ1n) is 12.5. The Kier molecular flexibility index (Phi) is 12.1. The van der Waals surface area contributed by atoms with Crippen molar-refractivity contribution in [2.75, 3.05) is 13.7 Å². The molecule has 0 unspecified atom stereocenters. The molecule has 0 heterocycles. The molecule has 198 valence electrons. The van der Waals surface area contributed by atoms with Gasteiger partial charge in [0.25, 0.3) is 0 Å². The van der Waals surface area contributed by atoms with E-state index in [1.54, 1.807) is 7.11 Å². The van der Waals surface area contributed by atoms with E-state index < -0.39 is 17.8 Å². The van der Waals surface area contributed by atoms with Gasteiger partial charge in [0.05, 0.1) is 23.9 Å². The third-order valence-electron chi connectivity index (χ3n) is 6.38. The minimum atomic E-state index is -4.43. The standard InChI is InChI=1S/C27H39F3O5/c1-19(2)35-26(32)12-7-5-4-6-11-24-20(14-16-25(24)33-3)13-15-22(31)18-34-23-10-8-9-21(17-23)27(28,29)30/h4,6,8-10,17,19-20,22,24-25,31H,5,7,11-16,18H2,1-3H3/b6-4-/t20-,22+,24+,25-/m0/s1. The normalized spacial score (nSPS) is 21.5. The number of esters is 1. The van der Waals surface area contributed by atoms with E-state index in [4.69, 9.17) is 14.2 Å². The van der Waals surface area contributed by atoms with E-state index in [-0.39, 0.29) is 30.5 Å². The van der Waals surface area contributed by atoms with Crippen LogP contribution in [0.1, 0.15) is 70.8 Å². The van der Waals surface area contributed by atoms with Crippen LogP contribution in [0.5, 0.6) is 5.75 Å². The number of aliphatic hydroxyl groups excluding tert-OH is 1. The summed E-state index contributed by atoms with van der Waals surface area (Å²) < 4.78 is 54.7. The maximum Gasteiger partial charge on any atom is 0.416 e. The van der Waals surface area contributed by atoms with E-state index in [0.717, 1.165) is 50.7 Å². The van der Waals surface area contributed by atoms with Gasteiger partial charge in [-0.15, -0.1) is 0 Å². The van der Waals surface area contributed by atoms with E-state index in [1.165, 1.54) is 12.1 Å². The fourth-order valence-electron chi connectivity index (χ4n) is 4.61. The minimum absolute atomic E-state index is 0.0500. The summed E-state index contributed by atoms with van der Waals surface area (Å²) >= 11 is 0. The smallest absolute Gasteiger partial charge is 0.416 e. The Morgan fingerprint density at radius 2 is 2.00 bits per heavy atom. The van der Waals surface area contributed by atoms with Gasteiger partial charge < -0.3 is 19.3 Å². The van der Waals surface area contributed by atoms with Crippen molar-refractivity contribution in [3.8, 4) is 5.75 Å². The zero-order chi connectivity index (χ0) is 25.8. The topological polar surface area (TPSA) is 65.0 Å². The number of unbranched alkanes of at least 4 members (excludes halogenated alkanes) is 1. The first kappa shape index (κ1) is 29.2. The molecule has 0 bridgehead atoms. The number of ether oxygens (including phenoxy) is 3. The molecular weight excluding hydrogens is 461 g/mol. The first-order chi connectivity index (χ1) is 16.6. The van der Waals surface area contributed by atoms with Gasteiger partial charge in [0.2, 0.25) is 0 Å².